The van der Waals surface area contributed by atoms with Crippen LogP contribution in [0, 0.1) is 11.8 Å². The number of rotatable bonds is 8. The van der Waals surface area contributed by atoms with Gasteiger partial charge in [-0.05, 0) is 62.2 Å². The zero-order valence-corrected chi connectivity index (χ0v) is 17.2. The van der Waals surface area contributed by atoms with Crippen molar-refractivity contribution < 1.29 is 14.3 Å². The summed E-state index contributed by atoms with van der Waals surface area (Å²) in [4.78, 5) is 22.7. The van der Waals surface area contributed by atoms with Gasteiger partial charge < -0.3 is 15.4 Å². The second-order valence-corrected chi connectivity index (χ2v) is 6.81. The molecule has 5 heteroatoms. The predicted molar refractivity (Wildman–Crippen MR) is 115 cm³/mol. The van der Waals surface area contributed by atoms with Gasteiger partial charge in [0.1, 0.15) is 5.75 Å². The maximum Gasteiger partial charge on any atom is 0.221 e. The van der Waals surface area contributed by atoms with Gasteiger partial charge in [-0.15, -0.1) is 0 Å². The zero-order valence-electron chi connectivity index (χ0n) is 17.2. The smallest absolute Gasteiger partial charge is 0.221 e. The SMILES string of the molecule is CCOc1ccc(C#Cc2ccc(CC(C)NC(=O)CCNC(C)=O)cc2)cc1. The standard InChI is InChI=1S/C24H28N2O3/c1-4-29-23-13-11-21(12-14-23)6-5-20-7-9-22(10-8-20)17-18(2)26-24(28)15-16-25-19(3)27/h7-14,18H,4,15-17H2,1-3H3,(H,25,27)(H,26,28). The van der Waals surface area contributed by atoms with Crippen molar-refractivity contribution >= 4 is 11.8 Å². The fourth-order valence-corrected chi connectivity index (χ4v) is 2.77. The lowest BCUT2D eigenvalue weighted by atomic mass is 10.0. The molecule has 0 saturated heterocycles. The average Bonchev–Trinajstić information content (AvgIpc) is 2.68. The van der Waals surface area contributed by atoms with E-state index in [1.807, 2.05) is 62.4 Å². The highest BCUT2D eigenvalue weighted by Crippen LogP contribution is 2.12. The molecule has 0 spiro atoms. The lowest BCUT2D eigenvalue weighted by Gasteiger charge is -2.14. The largest absolute Gasteiger partial charge is 0.494 e. The van der Waals surface area contributed by atoms with E-state index < -0.39 is 0 Å². The Morgan fingerprint density at radius 2 is 1.59 bits per heavy atom. The molecular formula is C24H28N2O3. The lowest BCUT2D eigenvalue weighted by Crippen LogP contribution is -2.36. The molecule has 0 radical (unpaired) electrons. The minimum atomic E-state index is -0.128. The van der Waals surface area contributed by atoms with Crippen LogP contribution < -0.4 is 15.4 Å². The van der Waals surface area contributed by atoms with Crippen LogP contribution in [0.25, 0.3) is 0 Å². The van der Waals surface area contributed by atoms with Crippen LogP contribution in [0.3, 0.4) is 0 Å². The molecule has 0 bridgehead atoms. The van der Waals surface area contributed by atoms with Crippen LogP contribution in [-0.4, -0.2) is 31.0 Å². The summed E-state index contributed by atoms with van der Waals surface area (Å²) >= 11 is 0. The summed E-state index contributed by atoms with van der Waals surface area (Å²) in [5.41, 5.74) is 3.01. The van der Waals surface area contributed by atoms with Gasteiger partial charge in [-0.3, -0.25) is 9.59 Å². The Kier molecular flexibility index (Phi) is 8.78. The number of nitrogens with one attached hydrogen (secondary N) is 2. The second-order valence-electron chi connectivity index (χ2n) is 6.81. The van der Waals surface area contributed by atoms with Crippen LogP contribution in [0.4, 0.5) is 0 Å². The molecule has 1 unspecified atom stereocenters. The Morgan fingerprint density at radius 1 is 1.00 bits per heavy atom. The molecular weight excluding hydrogens is 364 g/mol. The number of amides is 2. The van der Waals surface area contributed by atoms with E-state index in [-0.39, 0.29) is 24.3 Å². The van der Waals surface area contributed by atoms with Crippen LogP contribution in [0.1, 0.15) is 43.9 Å². The molecule has 5 nitrogen and oxygen atoms in total. The summed E-state index contributed by atoms with van der Waals surface area (Å²) in [6.07, 6.45) is 1.02. The summed E-state index contributed by atoms with van der Waals surface area (Å²) in [6.45, 7) is 6.37. The maximum atomic E-state index is 11.9. The number of carbonyl (C=O) groups excluding carboxylic acids is 2. The molecule has 2 rings (SSSR count). The van der Waals surface area contributed by atoms with E-state index in [9.17, 15) is 9.59 Å². The van der Waals surface area contributed by atoms with E-state index in [4.69, 9.17) is 4.74 Å². The van der Waals surface area contributed by atoms with Crippen molar-refractivity contribution in [1.29, 1.82) is 0 Å². The van der Waals surface area contributed by atoms with Gasteiger partial charge >= 0.3 is 0 Å². The van der Waals surface area contributed by atoms with E-state index in [1.165, 1.54) is 6.92 Å². The van der Waals surface area contributed by atoms with Gasteiger partial charge in [0.15, 0.2) is 0 Å². The second kappa shape index (κ2) is 11.6. The maximum absolute atomic E-state index is 11.9. The quantitative estimate of drug-likeness (QED) is 0.679. The highest BCUT2D eigenvalue weighted by Gasteiger charge is 2.08. The van der Waals surface area contributed by atoms with E-state index >= 15 is 0 Å². The van der Waals surface area contributed by atoms with Crippen molar-refractivity contribution in [2.45, 2.75) is 39.7 Å². The van der Waals surface area contributed by atoms with Crippen molar-refractivity contribution in [2.75, 3.05) is 13.2 Å². The van der Waals surface area contributed by atoms with Crippen molar-refractivity contribution in [3.05, 3.63) is 65.2 Å². The van der Waals surface area contributed by atoms with Gasteiger partial charge in [0.05, 0.1) is 6.61 Å². The van der Waals surface area contributed by atoms with E-state index in [1.54, 1.807) is 0 Å². The minimum absolute atomic E-state index is 0.0145. The molecule has 1 atom stereocenters. The van der Waals surface area contributed by atoms with Gasteiger partial charge in [-0.1, -0.05) is 24.0 Å². The van der Waals surface area contributed by atoms with Gasteiger partial charge in [0, 0.05) is 37.1 Å². The zero-order chi connectivity index (χ0) is 21.1. The number of carbonyl (C=O) groups is 2. The lowest BCUT2D eigenvalue weighted by molar-refractivity contribution is -0.122. The van der Waals surface area contributed by atoms with Gasteiger partial charge in [0.25, 0.3) is 0 Å². The Bertz CT molecular complexity index is 862. The molecule has 0 saturated carbocycles. The highest BCUT2D eigenvalue weighted by molar-refractivity contribution is 5.78. The molecule has 0 heterocycles. The molecule has 2 aromatic rings. The predicted octanol–water partition coefficient (Wildman–Crippen LogP) is 3.06. The first-order valence-corrected chi connectivity index (χ1v) is 9.84. The third kappa shape index (κ3) is 8.52. The minimum Gasteiger partial charge on any atom is -0.494 e. The number of benzene rings is 2. The van der Waals surface area contributed by atoms with Crippen LogP contribution in [-0.2, 0) is 16.0 Å². The fraction of sp³-hybridized carbons (Fsp3) is 0.333. The molecule has 2 N–H and O–H groups in total. The third-order valence-corrected chi connectivity index (χ3v) is 4.15. The van der Waals surface area contributed by atoms with Crippen molar-refractivity contribution in [2.24, 2.45) is 0 Å². The van der Waals surface area contributed by atoms with Crippen LogP contribution >= 0.6 is 0 Å². The van der Waals surface area contributed by atoms with Crippen molar-refractivity contribution in [3.8, 4) is 17.6 Å². The number of ether oxygens (including phenoxy) is 1. The van der Waals surface area contributed by atoms with Gasteiger partial charge in [-0.25, -0.2) is 0 Å². The normalized spacial score (nSPS) is 11.0. The van der Waals surface area contributed by atoms with Crippen LogP contribution in [0.5, 0.6) is 5.75 Å². The van der Waals surface area contributed by atoms with E-state index in [2.05, 4.69) is 22.5 Å². The first kappa shape index (κ1) is 22.0. The summed E-state index contributed by atoms with van der Waals surface area (Å²) in [7, 11) is 0. The monoisotopic (exact) mass is 392 g/mol. The molecule has 152 valence electrons. The summed E-state index contributed by atoms with van der Waals surface area (Å²) in [6, 6.07) is 15.8. The first-order valence-electron chi connectivity index (χ1n) is 9.84. The summed E-state index contributed by atoms with van der Waals surface area (Å²) in [5, 5.41) is 5.57. The molecule has 0 aliphatic rings. The topological polar surface area (TPSA) is 67.4 Å². The molecule has 0 aliphatic carbocycles. The highest BCUT2D eigenvalue weighted by atomic mass is 16.5. The van der Waals surface area contributed by atoms with Gasteiger partial charge in [-0.2, -0.15) is 0 Å². The summed E-state index contributed by atoms with van der Waals surface area (Å²) in [5.74, 6) is 6.97. The summed E-state index contributed by atoms with van der Waals surface area (Å²) < 4.78 is 5.43. The number of hydrogen-bond donors (Lipinski definition) is 2. The van der Waals surface area contributed by atoms with E-state index in [0.717, 1.165) is 28.9 Å². The van der Waals surface area contributed by atoms with Crippen LogP contribution in [0.2, 0.25) is 0 Å². The van der Waals surface area contributed by atoms with Crippen molar-refractivity contribution in [1.82, 2.24) is 10.6 Å². The average molecular weight is 392 g/mol. The Balaban J connectivity index is 1.84. The third-order valence-electron chi connectivity index (χ3n) is 4.15. The molecule has 2 aromatic carbocycles. The van der Waals surface area contributed by atoms with Gasteiger partial charge in [0.2, 0.25) is 11.8 Å². The van der Waals surface area contributed by atoms with Crippen LogP contribution in [0.15, 0.2) is 48.5 Å². The molecule has 29 heavy (non-hydrogen) atoms. The molecule has 2 amide bonds. The van der Waals surface area contributed by atoms with E-state index in [0.29, 0.717) is 13.2 Å². The molecule has 0 fully saturated rings. The Morgan fingerprint density at radius 3 is 2.14 bits per heavy atom. The Labute approximate surface area is 172 Å². The number of hydrogen-bond acceptors (Lipinski definition) is 3. The Hall–Kier alpha value is -3.26. The first-order chi connectivity index (χ1) is 14.0. The fourth-order valence-electron chi connectivity index (χ4n) is 2.77. The molecule has 0 aromatic heterocycles. The van der Waals surface area contributed by atoms with Crippen molar-refractivity contribution in [3.63, 3.8) is 0 Å². The molecule has 0 aliphatic heterocycles.